The highest BCUT2D eigenvalue weighted by Gasteiger charge is 2.42. The average Bonchev–Trinajstić information content (AvgIpc) is 2.95. The van der Waals surface area contributed by atoms with Gasteiger partial charge in [0.25, 0.3) is 0 Å². The summed E-state index contributed by atoms with van der Waals surface area (Å²) in [6.45, 7) is 1.18. The number of ether oxygens (including phenoxy) is 2. The van der Waals surface area contributed by atoms with Crippen LogP contribution in [0.25, 0.3) is 0 Å². The molecule has 2 atom stereocenters. The molecule has 2 aliphatic heterocycles. The molecule has 0 unspecified atom stereocenters. The fraction of sp³-hybridized carbons (Fsp3) is 0.500. The summed E-state index contributed by atoms with van der Waals surface area (Å²) in [7, 11) is 3.12. The lowest BCUT2D eigenvalue weighted by Gasteiger charge is -2.35. The minimum absolute atomic E-state index is 0.0514. The molecule has 2 fully saturated rings. The molecule has 2 heterocycles. The number of methoxy groups -OCH3 is 2. The van der Waals surface area contributed by atoms with E-state index < -0.39 is 0 Å². The van der Waals surface area contributed by atoms with E-state index in [1.54, 1.807) is 37.3 Å². The van der Waals surface area contributed by atoms with Gasteiger partial charge in [-0.05, 0) is 12.8 Å². The first-order chi connectivity index (χ1) is 11.1. The molecule has 124 valence electrons. The molecular formula is C16H21N3O4. The van der Waals surface area contributed by atoms with Crippen molar-refractivity contribution < 1.29 is 19.1 Å². The number of nitrogens with zero attached hydrogens (tertiary/aromatic N) is 1. The molecule has 0 aromatic heterocycles. The minimum Gasteiger partial charge on any atom is -0.497 e. The number of hydrogen-bond acceptors (Lipinski definition) is 4. The molecule has 1 aromatic carbocycles. The molecule has 0 aliphatic carbocycles. The zero-order valence-electron chi connectivity index (χ0n) is 13.3. The van der Waals surface area contributed by atoms with E-state index in [0.717, 1.165) is 12.8 Å². The lowest BCUT2D eigenvalue weighted by molar-refractivity contribution is -0.123. The van der Waals surface area contributed by atoms with Crippen LogP contribution in [0.1, 0.15) is 12.8 Å². The van der Waals surface area contributed by atoms with Crippen molar-refractivity contribution in [2.24, 2.45) is 5.92 Å². The van der Waals surface area contributed by atoms with Crippen molar-refractivity contribution in [1.82, 2.24) is 10.2 Å². The molecule has 3 amide bonds. The van der Waals surface area contributed by atoms with Crippen LogP contribution in [0.2, 0.25) is 0 Å². The van der Waals surface area contributed by atoms with Gasteiger partial charge in [-0.2, -0.15) is 0 Å². The molecule has 3 rings (SSSR count). The highest BCUT2D eigenvalue weighted by atomic mass is 16.5. The Bertz CT molecular complexity index is 597. The number of likely N-dealkylation sites (tertiary alicyclic amines) is 1. The molecule has 0 spiro atoms. The van der Waals surface area contributed by atoms with E-state index in [4.69, 9.17) is 9.47 Å². The minimum atomic E-state index is -0.202. The summed E-state index contributed by atoms with van der Waals surface area (Å²) in [4.78, 5) is 26.2. The second-order valence-electron chi connectivity index (χ2n) is 5.79. The number of piperidine rings is 1. The maximum Gasteiger partial charge on any atom is 0.322 e. The van der Waals surface area contributed by atoms with Gasteiger partial charge in [-0.25, -0.2) is 4.79 Å². The Morgan fingerprint density at radius 1 is 1.26 bits per heavy atom. The second-order valence-corrected chi connectivity index (χ2v) is 5.79. The molecule has 0 bridgehead atoms. The monoisotopic (exact) mass is 319 g/mol. The highest BCUT2D eigenvalue weighted by molar-refractivity contribution is 5.91. The lowest BCUT2D eigenvalue weighted by atomic mass is 9.92. The molecule has 23 heavy (non-hydrogen) atoms. The molecule has 2 N–H and O–H groups in total. The summed E-state index contributed by atoms with van der Waals surface area (Å²) in [6.07, 6.45) is 1.68. The average molecular weight is 319 g/mol. The number of carbonyl (C=O) groups is 2. The maximum absolute atomic E-state index is 12.6. The van der Waals surface area contributed by atoms with Gasteiger partial charge in [0.2, 0.25) is 5.91 Å². The Morgan fingerprint density at radius 2 is 1.96 bits per heavy atom. The third-order valence-electron chi connectivity index (χ3n) is 4.46. The Morgan fingerprint density at radius 3 is 2.61 bits per heavy atom. The van der Waals surface area contributed by atoms with Gasteiger partial charge in [-0.1, -0.05) is 0 Å². The number of hydrogen-bond donors (Lipinski definition) is 2. The van der Waals surface area contributed by atoms with Gasteiger partial charge in [0.05, 0.1) is 26.2 Å². The first kappa shape index (κ1) is 15.5. The van der Waals surface area contributed by atoms with Crippen LogP contribution < -0.4 is 20.1 Å². The van der Waals surface area contributed by atoms with Crippen LogP contribution in [-0.2, 0) is 4.79 Å². The maximum atomic E-state index is 12.6. The number of urea groups is 1. The topological polar surface area (TPSA) is 79.9 Å². The van der Waals surface area contributed by atoms with Gasteiger partial charge in [0.15, 0.2) is 0 Å². The molecule has 0 saturated carbocycles. The predicted molar refractivity (Wildman–Crippen MR) is 84.8 cm³/mol. The number of rotatable bonds is 3. The lowest BCUT2D eigenvalue weighted by Crippen LogP contribution is -2.50. The van der Waals surface area contributed by atoms with Crippen LogP contribution in [0, 0.1) is 5.92 Å². The van der Waals surface area contributed by atoms with E-state index in [0.29, 0.717) is 30.3 Å². The zero-order chi connectivity index (χ0) is 16.4. The molecule has 7 nitrogen and oxygen atoms in total. The number of nitrogens with one attached hydrogen (secondary N) is 2. The second kappa shape index (κ2) is 6.36. The van der Waals surface area contributed by atoms with Crippen LogP contribution in [-0.4, -0.2) is 50.2 Å². The van der Waals surface area contributed by atoms with Crippen molar-refractivity contribution in [3.63, 3.8) is 0 Å². The Kier molecular flexibility index (Phi) is 4.27. The summed E-state index contributed by atoms with van der Waals surface area (Å²) in [5.74, 6) is 1.17. The van der Waals surface area contributed by atoms with Crippen molar-refractivity contribution >= 4 is 17.6 Å². The summed E-state index contributed by atoms with van der Waals surface area (Å²) in [5.41, 5.74) is 0.602. The largest absolute Gasteiger partial charge is 0.497 e. The molecular weight excluding hydrogens is 298 g/mol. The normalized spacial score (nSPS) is 23.0. The van der Waals surface area contributed by atoms with E-state index >= 15 is 0 Å². The Balaban J connectivity index is 1.75. The number of carbonyl (C=O) groups excluding carboxylic acids is 2. The molecule has 2 saturated heterocycles. The number of anilines is 1. The van der Waals surface area contributed by atoms with Gasteiger partial charge in [0, 0.05) is 37.0 Å². The van der Waals surface area contributed by atoms with Crippen LogP contribution in [0.3, 0.4) is 0 Å². The Hall–Kier alpha value is -2.44. The Labute approximate surface area is 134 Å². The van der Waals surface area contributed by atoms with E-state index in [1.165, 1.54) is 0 Å². The fourth-order valence-corrected chi connectivity index (χ4v) is 3.28. The standard InChI is InChI=1S/C16H21N3O4/c1-22-11-6-10(7-12(8-11)23-2)18-16(21)19-5-3-4-13-14(19)9-17-15(13)20/h6-8,13-14H,3-5,9H2,1-2H3,(H,17,20)(H,18,21)/t13-,14-/m0/s1. The van der Waals surface area contributed by atoms with E-state index in [1.807, 2.05) is 0 Å². The van der Waals surface area contributed by atoms with Gasteiger partial charge < -0.3 is 25.0 Å². The van der Waals surface area contributed by atoms with Gasteiger partial charge in [0.1, 0.15) is 11.5 Å². The SMILES string of the molecule is COc1cc(NC(=O)N2CCC[C@@H]3C(=O)NC[C@@H]32)cc(OC)c1. The summed E-state index contributed by atoms with van der Waals surface area (Å²) in [5, 5.41) is 5.72. The number of fused-ring (bicyclic) bond motifs is 1. The first-order valence-electron chi connectivity index (χ1n) is 7.71. The van der Waals surface area contributed by atoms with Crippen LogP contribution in [0.5, 0.6) is 11.5 Å². The van der Waals surface area contributed by atoms with Crippen molar-refractivity contribution in [1.29, 1.82) is 0 Å². The molecule has 1 aromatic rings. The summed E-state index contributed by atoms with van der Waals surface area (Å²) in [6, 6.07) is 4.95. The quantitative estimate of drug-likeness (QED) is 0.883. The van der Waals surface area contributed by atoms with E-state index in [-0.39, 0.29) is 23.9 Å². The van der Waals surface area contributed by atoms with Crippen molar-refractivity contribution in [3.8, 4) is 11.5 Å². The molecule has 0 radical (unpaired) electrons. The third-order valence-corrected chi connectivity index (χ3v) is 4.46. The van der Waals surface area contributed by atoms with Crippen molar-refractivity contribution in [2.75, 3.05) is 32.6 Å². The zero-order valence-corrected chi connectivity index (χ0v) is 13.3. The van der Waals surface area contributed by atoms with Crippen molar-refractivity contribution in [3.05, 3.63) is 18.2 Å². The number of amides is 3. The summed E-state index contributed by atoms with van der Waals surface area (Å²) < 4.78 is 10.4. The van der Waals surface area contributed by atoms with Gasteiger partial charge in [-0.3, -0.25) is 4.79 Å². The van der Waals surface area contributed by atoms with Crippen LogP contribution in [0.4, 0.5) is 10.5 Å². The predicted octanol–water partition coefficient (Wildman–Crippen LogP) is 1.45. The highest BCUT2D eigenvalue weighted by Crippen LogP contribution is 2.29. The fourth-order valence-electron chi connectivity index (χ4n) is 3.28. The number of benzene rings is 1. The van der Waals surface area contributed by atoms with Gasteiger partial charge in [-0.15, -0.1) is 0 Å². The van der Waals surface area contributed by atoms with E-state index in [9.17, 15) is 9.59 Å². The van der Waals surface area contributed by atoms with Gasteiger partial charge >= 0.3 is 6.03 Å². The summed E-state index contributed by atoms with van der Waals surface area (Å²) >= 11 is 0. The third kappa shape index (κ3) is 3.04. The molecule has 7 heteroatoms. The van der Waals surface area contributed by atoms with Crippen LogP contribution in [0.15, 0.2) is 18.2 Å². The first-order valence-corrected chi connectivity index (χ1v) is 7.71. The molecule has 2 aliphatic rings. The smallest absolute Gasteiger partial charge is 0.322 e. The van der Waals surface area contributed by atoms with Crippen molar-refractivity contribution in [2.45, 2.75) is 18.9 Å². The van der Waals surface area contributed by atoms with E-state index in [2.05, 4.69) is 10.6 Å². The van der Waals surface area contributed by atoms with Crippen LogP contribution >= 0.6 is 0 Å².